The summed E-state index contributed by atoms with van der Waals surface area (Å²) in [7, 11) is 0. The van der Waals surface area contributed by atoms with Gasteiger partial charge in [0.05, 0.1) is 6.54 Å². The maximum absolute atomic E-state index is 5.60. The Balaban J connectivity index is 1.59. The second kappa shape index (κ2) is 7.43. The molecule has 0 spiro atoms. The summed E-state index contributed by atoms with van der Waals surface area (Å²) in [6.45, 7) is 6.45. The second-order valence-corrected chi connectivity index (χ2v) is 4.87. The number of nitrogens with one attached hydrogen (secondary N) is 1. The molecule has 2 rings (SSSR count). The van der Waals surface area contributed by atoms with Crippen molar-refractivity contribution in [1.82, 2.24) is 25.5 Å². The van der Waals surface area contributed by atoms with Crippen LogP contribution < -0.4 is 5.32 Å². The quantitative estimate of drug-likeness (QED) is 0.630. The highest BCUT2D eigenvalue weighted by atomic mass is 16.5. The van der Waals surface area contributed by atoms with Crippen LogP contribution in [0.5, 0.6) is 0 Å². The van der Waals surface area contributed by atoms with Gasteiger partial charge >= 0.3 is 0 Å². The van der Waals surface area contributed by atoms with Crippen molar-refractivity contribution in [2.75, 3.05) is 19.8 Å². The molecule has 0 unspecified atom stereocenters. The van der Waals surface area contributed by atoms with E-state index in [0.29, 0.717) is 0 Å². The van der Waals surface area contributed by atoms with Crippen LogP contribution in [0.3, 0.4) is 0 Å². The number of rotatable bonds is 10. The highest BCUT2D eigenvalue weighted by Gasteiger charge is 2.20. The first-order valence-corrected chi connectivity index (χ1v) is 6.93. The molecule has 1 aliphatic rings. The van der Waals surface area contributed by atoms with Gasteiger partial charge in [0, 0.05) is 19.8 Å². The van der Waals surface area contributed by atoms with Crippen molar-refractivity contribution in [3.63, 3.8) is 0 Å². The van der Waals surface area contributed by atoms with Crippen molar-refractivity contribution < 1.29 is 4.74 Å². The van der Waals surface area contributed by atoms with Crippen LogP contribution >= 0.6 is 0 Å². The number of aryl methyl sites for hydroxylation is 1. The Kier molecular flexibility index (Phi) is 5.54. The molecule has 0 aromatic carbocycles. The zero-order chi connectivity index (χ0) is 12.6. The van der Waals surface area contributed by atoms with Gasteiger partial charge in [-0.05, 0) is 48.6 Å². The van der Waals surface area contributed by atoms with Gasteiger partial charge < -0.3 is 10.1 Å². The fraction of sp³-hybridized carbons (Fsp3) is 0.917. The monoisotopic (exact) mass is 253 g/mol. The van der Waals surface area contributed by atoms with Crippen LogP contribution in [0.4, 0.5) is 0 Å². The molecule has 1 aromatic heterocycles. The molecule has 102 valence electrons. The van der Waals surface area contributed by atoms with Crippen molar-refractivity contribution in [1.29, 1.82) is 0 Å². The molecule has 1 heterocycles. The minimum Gasteiger partial charge on any atom is -0.381 e. The van der Waals surface area contributed by atoms with E-state index in [4.69, 9.17) is 4.74 Å². The number of ether oxygens (including phenoxy) is 1. The summed E-state index contributed by atoms with van der Waals surface area (Å²) in [6, 6.07) is 0. The molecule has 18 heavy (non-hydrogen) atoms. The number of hydrogen-bond acceptors (Lipinski definition) is 5. The van der Waals surface area contributed by atoms with Crippen LogP contribution in [-0.2, 0) is 17.8 Å². The molecule has 1 aromatic rings. The van der Waals surface area contributed by atoms with Crippen LogP contribution in [0.1, 0.15) is 38.4 Å². The van der Waals surface area contributed by atoms with E-state index in [0.717, 1.165) is 57.4 Å². The fourth-order valence-corrected chi connectivity index (χ4v) is 1.75. The van der Waals surface area contributed by atoms with Crippen LogP contribution in [0.15, 0.2) is 0 Å². The highest BCUT2D eigenvalue weighted by Crippen LogP contribution is 2.28. The first-order valence-electron chi connectivity index (χ1n) is 6.93. The topological polar surface area (TPSA) is 64.9 Å². The Morgan fingerprint density at radius 2 is 2.33 bits per heavy atom. The molecule has 6 heteroatoms. The lowest BCUT2D eigenvalue weighted by atomic mass is 10.4. The molecular weight excluding hydrogens is 230 g/mol. The average molecular weight is 253 g/mol. The van der Waals surface area contributed by atoms with Crippen molar-refractivity contribution in [3.05, 3.63) is 5.82 Å². The molecule has 1 N–H and O–H groups in total. The van der Waals surface area contributed by atoms with E-state index in [1.807, 2.05) is 4.68 Å². The smallest absolute Gasteiger partial charge is 0.165 e. The number of aromatic nitrogens is 4. The summed E-state index contributed by atoms with van der Waals surface area (Å²) in [4.78, 5) is 0. The van der Waals surface area contributed by atoms with E-state index in [1.54, 1.807) is 0 Å². The van der Waals surface area contributed by atoms with E-state index in [9.17, 15) is 0 Å². The van der Waals surface area contributed by atoms with Crippen molar-refractivity contribution in [3.8, 4) is 0 Å². The molecule has 1 saturated carbocycles. The van der Waals surface area contributed by atoms with Gasteiger partial charge in [0.2, 0.25) is 0 Å². The van der Waals surface area contributed by atoms with Crippen LogP contribution in [-0.4, -0.2) is 40.0 Å². The Morgan fingerprint density at radius 1 is 1.44 bits per heavy atom. The van der Waals surface area contributed by atoms with Gasteiger partial charge in [-0.2, -0.15) is 0 Å². The third-order valence-corrected chi connectivity index (χ3v) is 3.03. The van der Waals surface area contributed by atoms with Crippen LogP contribution in [0.2, 0.25) is 0 Å². The molecule has 6 nitrogen and oxygen atoms in total. The third kappa shape index (κ3) is 4.70. The molecule has 1 fully saturated rings. The summed E-state index contributed by atoms with van der Waals surface area (Å²) < 4.78 is 7.46. The van der Waals surface area contributed by atoms with Gasteiger partial charge in [-0.3, -0.25) is 0 Å². The van der Waals surface area contributed by atoms with E-state index >= 15 is 0 Å². The molecule has 0 atom stereocenters. The average Bonchev–Trinajstić information content (AvgIpc) is 3.09. The summed E-state index contributed by atoms with van der Waals surface area (Å²) in [5.74, 6) is 1.75. The lowest BCUT2D eigenvalue weighted by Crippen LogP contribution is -2.18. The minimum absolute atomic E-state index is 0.740. The minimum atomic E-state index is 0.740. The molecule has 1 aliphatic carbocycles. The zero-order valence-corrected chi connectivity index (χ0v) is 11.1. The van der Waals surface area contributed by atoms with E-state index in [1.165, 1.54) is 12.8 Å². The normalized spacial score (nSPS) is 15.2. The second-order valence-electron chi connectivity index (χ2n) is 4.87. The predicted molar refractivity (Wildman–Crippen MR) is 68.0 cm³/mol. The summed E-state index contributed by atoms with van der Waals surface area (Å²) in [5, 5.41) is 15.1. The van der Waals surface area contributed by atoms with Gasteiger partial charge in [-0.25, -0.2) is 4.68 Å². The molecule has 0 bridgehead atoms. The SMILES string of the molecule is CCCNCc1nnnn1CCCOCC1CC1. The van der Waals surface area contributed by atoms with Gasteiger partial charge in [-0.1, -0.05) is 6.92 Å². The Bertz CT molecular complexity index is 337. The lowest BCUT2D eigenvalue weighted by Gasteiger charge is -2.06. The highest BCUT2D eigenvalue weighted by molar-refractivity contribution is 4.79. The van der Waals surface area contributed by atoms with Gasteiger partial charge in [0.25, 0.3) is 0 Å². The Hall–Kier alpha value is -1.01. The van der Waals surface area contributed by atoms with Crippen LogP contribution in [0.25, 0.3) is 0 Å². The van der Waals surface area contributed by atoms with Crippen molar-refractivity contribution >= 4 is 0 Å². The molecular formula is C12H23N5O. The van der Waals surface area contributed by atoms with E-state index in [-0.39, 0.29) is 0 Å². The Labute approximate surface area is 108 Å². The maximum atomic E-state index is 5.60. The van der Waals surface area contributed by atoms with Crippen LogP contribution in [0, 0.1) is 5.92 Å². The lowest BCUT2D eigenvalue weighted by molar-refractivity contribution is 0.118. The molecule has 0 saturated heterocycles. The Morgan fingerprint density at radius 3 is 3.11 bits per heavy atom. The molecule has 0 radical (unpaired) electrons. The zero-order valence-electron chi connectivity index (χ0n) is 11.1. The summed E-state index contributed by atoms with van der Waals surface area (Å²) >= 11 is 0. The summed E-state index contributed by atoms with van der Waals surface area (Å²) in [6.07, 6.45) is 4.79. The molecule has 0 amide bonds. The van der Waals surface area contributed by atoms with Gasteiger partial charge in [-0.15, -0.1) is 5.10 Å². The molecule has 0 aliphatic heterocycles. The van der Waals surface area contributed by atoms with E-state index < -0.39 is 0 Å². The standard InChI is InChI=1S/C12H23N5O/c1-2-6-13-9-12-14-15-16-17(12)7-3-8-18-10-11-4-5-11/h11,13H,2-10H2,1H3. The van der Waals surface area contributed by atoms with Gasteiger partial charge in [0.1, 0.15) is 0 Å². The number of nitrogens with zero attached hydrogens (tertiary/aromatic N) is 4. The van der Waals surface area contributed by atoms with E-state index in [2.05, 4.69) is 27.8 Å². The number of hydrogen-bond donors (Lipinski definition) is 1. The van der Waals surface area contributed by atoms with Crippen molar-refractivity contribution in [2.45, 2.75) is 45.7 Å². The van der Waals surface area contributed by atoms with Crippen molar-refractivity contribution in [2.24, 2.45) is 5.92 Å². The first-order chi connectivity index (χ1) is 8.90. The number of tetrazole rings is 1. The largest absolute Gasteiger partial charge is 0.381 e. The third-order valence-electron chi connectivity index (χ3n) is 3.03. The summed E-state index contributed by atoms with van der Waals surface area (Å²) in [5.41, 5.74) is 0. The maximum Gasteiger partial charge on any atom is 0.165 e. The van der Waals surface area contributed by atoms with Gasteiger partial charge in [0.15, 0.2) is 5.82 Å². The fourth-order valence-electron chi connectivity index (χ4n) is 1.75. The predicted octanol–water partition coefficient (Wildman–Crippen LogP) is 0.989. The first kappa shape index (κ1) is 13.4.